The Morgan fingerprint density at radius 3 is 2.46 bits per heavy atom. The van der Waals surface area contributed by atoms with Crippen molar-refractivity contribution in [3.05, 3.63) is 11.6 Å². The van der Waals surface area contributed by atoms with Gasteiger partial charge in [0.2, 0.25) is 0 Å². The predicted molar refractivity (Wildman–Crippen MR) is 51.3 cm³/mol. The Morgan fingerprint density at radius 2 is 2.15 bits per heavy atom. The fraction of sp³-hybridized carbons (Fsp3) is 0.700. The van der Waals surface area contributed by atoms with E-state index in [9.17, 15) is 9.90 Å². The van der Waals surface area contributed by atoms with Crippen molar-refractivity contribution < 1.29 is 14.6 Å². The maximum Gasteiger partial charge on any atom is 0.160 e. The summed E-state index contributed by atoms with van der Waals surface area (Å²) < 4.78 is 5.29. The molecule has 13 heavy (non-hydrogen) atoms. The third kappa shape index (κ3) is 5.55. The lowest BCUT2D eigenvalue weighted by Crippen LogP contribution is -2.31. The Balaban J connectivity index is 4.35. The molecule has 0 radical (unpaired) electrons. The van der Waals surface area contributed by atoms with Crippen LogP contribution in [0, 0.1) is 0 Å². The number of aldehydes is 1. The van der Waals surface area contributed by atoms with Gasteiger partial charge in [-0.1, -0.05) is 6.08 Å². The highest BCUT2D eigenvalue weighted by atomic mass is 16.6. The molecule has 0 saturated carbocycles. The topological polar surface area (TPSA) is 46.5 Å². The molecule has 0 amide bonds. The van der Waals surface area contributed by atoms with Crippen LogP contribution < -0.4 is 0 Å². The molecule has 0 bridgehead atoms. The van der Waals surface area contributed by atoms with Gasteiger partial charge in [0.05, 0.1) is 6.10 Å². The minimum absolute atomic E-state index is 0.278. The summed E-state index contributed by atoms with van der Waals surface area (Å²) in [5.41, 5.74) is 0.953. The number of aliphatic hydroxyl groups is 1. The number of hydrogen-bond acceptors (Lipinski definition) is 3. The molecule has 3 nitrogen and oxygen atoms in total. The van der Waals surface area contributed by atoms with Crippen molar-refractivity contribution >= 4 is 6.29 Å². The van der Waals surface area contributed by atoms with E-state index in [1.54, 1.807) is 13.8 Å². The molecule has 0 aromatic rings. The lowest BCUT2D eigenvalue weighted by molar-refractivity contribution is -0.197. The van der Waals surface area contributed by atoms with Crippen molar-refractivity contribution in [2.75, 3.05) is 0 Å². The minimum atomic E-state index is -1.20. The summed E-state index contributed by atoms with van der Waals surface area (Å²) >= 11 is 0. The summed E-state index contributed by atoms with van der Waals surface area (Å²) in [4.78, 5) is 10.3. The van der Waals surface area contributed by atoms with Crippen LogP contribution in [0.1, 0.15) is 34.1 Å². The van der Waals surface area contributed by atoms with E-state index in [1.807, 2.05) is 19.9 Å². The first kappa shape index (κ1) is 12.3. The first-order valence-electron chi connectivity index (χ1n) is 4.37. The van der Waals surface area contributed by atoms with Crippen LogP contribution in [0.5, 0.6) is 0 Å². The van der Waals surface area contributed by atoms with E-state index in [-0.39, 0.29) is 12.5 Å². The van der Waals surface area contributed by atoms with E-state index >= 15 is 0 Å². The van der Waals surface area contributed by atoms with Crippen molar-refractivity contribution in [2.45, 2.75) is 46.0 Å². The maximum atomic E-state index is 10.3. The lowest BCUT2D eigenvalue weighted by atomic mass is 10.1. The molecular weight excluding hydrogens is 168 g/mol. The minimum Gasteiger partial charge on any atom is -0.366 e. The van der Waals surface area contributed by atoms with Crippen LogP contribution in [0.4, 0.5) is 0 Å². The molecule has 1 atom stereocenters. The van der Waals surface area contributed by atoms with Crippen molar-refractivity contribution in [2.24, 2.45) is 0 Å². The van der Waals surface area contributed by atoms with Gasteiger partial charge in [-0.05, 0) is 33.3 Å². The Bertz CT molecular complexity index is 189. The zero-order valence-electron chi connectivity index (χ0n) is 8.70. The summed E-state index contributed by atoms with van der Waals surface area (Å²) in [6.07, 6.45) is 2.63. The fourth-order valence-corrected chi connectivity index (χ4v) is 0.948. The molecule has 0 rings (SSSR count). The van der Waals surface area contributed by atoms with Crippen molar-refractivity contribution in [3.8, 4) is 0 Å². The summed E-state index contributed by atoms with van der Waals surface area (Å²) in [5.74, 6) is -1.20. The summed E-state index contributed by atoms with van der Waals surface area (Å²) in [6, 6.07) is 0. The second-order valence-electron chi connectivity index (χ2n) is 3.49. The van der Waals surface area contributed by atoms with E-state index in [0.717, 1.165) is 11.9 Å². The standard InChI is InChI=1S/C10H18O3/c1-5-8(2)9(6-7-11)13-10(3,4)12/h5,7,9,12H,6H2,1-4H3/b8-5-/t9-/m1/s1. The molecule has 3 heteroatoms. The average Bonchev–Trinajstić information content (AvgIpc) is 2.00. The number of carbonyl (C=O) groups is 1. The van der Waals surface area contributed by atoms with Gasteiger partial charge in [-0.2, -0.15) is 0 Å². The first-order valence-corrected chi connectivity index (χ1v) is 4.37. The van der Waals surface area contributed by atoms with E-state index < -0.39 is 5.79 Å². The lowest BCUT2D eigenvalue weighted by Gasteiger charge is -2.25. The number of rotatable bonds is 5. The molecular formula is C10H18O3. The Labute approximate surface area is 79.4 Å². The third-order valence-corrected chi connectivity index (χ3v) is 1.70. The van der Waals surface area contributed by atoms with Gasteiger partial charge >= 0.3 is 0 Å². The van der Waals surface area contributed by atoms with Gasteiger partial charge in [-0.25, -0.2) is 0 Å². The smallest absolute Gasteiger partial charge is 0.160 e. The molecule has 1 N–H and O–H groups in total. The number of carbonyl (C=O) groups excluding carboxylic acids is 1. The average molecular weight is 186 g/mol. The van der Waals surface area contributed by atoms with E-state index in [0.29, 0.717) is 0 Å². The second-order valence-corrected chi connectivity index (χ2v) is 3.49. The summed E-state index contributed by atoms with van der Waals surface area (Å²) in [5, 5.41) is 9.39. The van der Waals surface area contributed by atoms with Gasteiger partial charge in [0.25, 0.3) is 0 Å². The Hall–Kier alpha value is -0.670. The molecule has 0 unspecified atom stereocenters. The van der Waals surface area contributed by atoms with Crippen molar-refractivity contribution in [3.63, 3.8) is 0 Å². The van der Waals surface area contributed by atoms with Gasteiger partial charge < -0.3 is 14.6 Å². The molecule has 0 aliphatic carbocycles. The van der Waals surface area contributed by atoms with Gasteiger partial charge in [0, 0.05) is 6.42 Å². The van der Waals surface area contributed by atoms with Crippen LogP contribution in [0.25, 0.3) is 0 Å². The molecule has 0 fully saturated rings. The van der Waals surface area contributed by atoms with Gasteiger partial charge in [-0.3, -0.25) is 0 Å². The monoisotopic (exact) mass is 186 g/mol. The van der Waals surface area contributed by atoms with E-state index in [1.165, 1.54) is 0 Å². The molecule has 0 heterocycles. The second kappa shape index (κ2) is 5.14. The fourth-order valence-electron chi connectivity index (χ4n) is 0.948. The first-order chi connectivity index (χ1) is 5.90. The largest absolute Gasteiger partial charge is 0.366 e. The zero-order chi connectivity index (χ0) is 10.5. The number of ether oxygens (including phenoxy) is 1. The van der Waals surface area contributed by atoms with Crippen LogP contribution in [0.3, 0.4) is 0 Å². The molecule has 0 aliphatic rings. The van der Waals surface area contributed by atoms with Crippen LogP contribution in [0.15, 0.2) is 11.6 Å². The summed E-state index contributed by atoms with van der Waals surface area (Å²) in [6.45, 7) is 6.85. The zero-order valence-corrected chi connectivity index (χ0v) is 8.70. The van der Waals surface area contributed by atoms with Crippen LogP contribution in [0.2, 0.25) is 0 Å². The summed E-state index contributed by atoms with van der Waals surface area (Å²) in [7, 11) is 0. The van der Waals surface area contributed by atoms with E-state index in [2.05, 4.69) is 0 Å². The van der Waals surface area contributed by atoms with Gasteiger partial charge in [-0.15, -0.1) is 0 Å². The highest BCUT2D eigenvalue weighted by molar-refractivity contribution is 5.51. The Kier molecular flexibility index (Phi) is 4.88. The maximum absolute atomic E-state index is 10.3. The van der Waals surface area contributed by atoms with E-state index in [4.69, 9.17) is 4.74 Å². The van der Waals surface area contributed by atoms with Gasteiger partial charge in [0.1, 0.15) is 6.29 Å². The van der Waals surface area contributed by atoms with Crippen LogP contribution >= 0.6 is 0 Å². The van der Waals surface area contributed by atoms with Crippen LogP contribution in [-0.4, -0.2) is 23.3 Å². The Morgan fingerprint density at radius 1 is 1.62 bits per heavy atom. The molecule has 0 aromatic carbocycles. The molecule has 76 valence electrons. The molecule has 0 aromatic heterocycles. The molecule has 0 aliphatic heterocycles. The highest BCUT2D eigenvalue weighted by Crippen LogP contribution is 2.16. The normalized spacial score (nSPS) is 15.6. The molecule has 0 saturated heterocycles. The third-order valence-electron chi connectivity index (χ3n) is 1.70. The SMILES string of the molecule is C/C=C(/C)[C@@H](CC=O)OC(C)(C)O. The highest BCUT2D eigenvalue weighted by Gasteiger charge is 2.20. The van der Waals surface area contributed by atoms with Crippen molar-refractivity contribution in [1.29, 1.82) is 0 Å². The van der Waals surface area contributed by atoms with Crippen LogP contribution in [-0.2, 0) is 9.53 Å². The molecule has 0 spiro atoms. The van der Waals surface area contributed by atoms with Crippen molar-refractivity contribution in [1.82, 2.24) is 0 Å². The predicted octanol–water partition coefficient (Wildman–Crippen LogP) is 1.66. The number of allylic oxidation sites excluding steroid dienone is 1. The van der Waals surface area contributed by atoms with Gasteiger partial charge in [0.15, 0.2) is 5.79 Å². The number of hydrogen-bond donors (Lipinski definition) is 1. The quantitative estimate of drug-likeness (QED) is 0.403.